The second-order valence-electron chi connectivity index (χ2n) is 9.23. The molecule has 3 heterocycles. The highest BCUT2D eigenvalue weighted by molar-refractivity contribution is 7.08. The summed E-state index contributed by atoms with van der Waals surface area (Å²) in [5.74, 6) is -0.786. The van der Waals surface area contributed by atoms with Crippen molar-refractivity contribution in [3.8, 4) is 17.0 Å². The van der Waals surface area contributed by atoms with Crippen LogP contribution in [0.4, 0.5) is 0 Å². The number of aliphatic hydroxyl groups is 1. The number of benzene rings is 1. The van der Waals surface area contributed by atoms with Crippen LogP contribution in [0.1, 0.15) is 52.7 Å². The molecule has 0 fully saturated rings. The van der Waals surface area contributed by atoms with E-state index in [1.54, 1.807) is 41.9 Å². The van der Waals surface area contributed by atoms with Gasteiger partial charge in [0.25, 0.3) is 5.91 Å². The van der Waals surface area contributed by atoms with Crippen LogP contribution in [0, 0.1) is 5.92 Å². The first-order chi connectivity index (χ1) is 18.7. The molecule has 0 aliphatic heterocycles. The summed E-state index contributed by atoms with van der Waals surface area (Å²) in [7, 11) is 1.58. The van der Waals surface area contributed by atoms with Crippen LogP contribution in [0.15, 0.2) is 59.4 Å². The fraction of sp³-hybridized carbons (Fsp3) is 0.286. The Morgan fingerprint density at radius 2 is 1.87 bits per heavy atom. The number of carboxylic acids is 1. The first kappa shape index (κ1) is 29.5. The van der Waals surface area contributed by atoms with Crippen molar-refractivity contribution in [1.82, 2.24) is 20.0 Å². The molecule has 0 spiro atoms. The number of phenols is 1. The lowest BCUT2D eigenvalue weighted by Crippen LogP contribution is -2.39. The predicted molar refractivity (Wildman–Crippen MR) is 149 cm³/mol. The van der Waals surface area contributed by atoms with E-state index in [0.29, 0.717) is 40.5 Å². The third-order valence-electron chi connectivity index (χ3n) is 5.89. The maximum atomic E-state index is 13.0. The second kappa shape index (κ2) is 13.7. The van der Waals surface area contributed by atoms with E-state index in [9.17, 15) is 19.5 Å². The Bertz CT molecular complexity index is 1400. The van der Waals surface area contributed by atoms with Gasteiger partial charge in [-0.05, 0) is 60.7 Å². The highest BCUT2D eigenvalue weighted by Gasteiger charge is 2.24. The summed E-state index contributed by atoms with van der Waals surface area (Å²) in [6, 6.07) is 10.3. The van der Waals surface area contributed by atoms with Crippen molar-refractivity contribution in [1.29, 1.82) is 0 Å². The number of thiophene rings is 1. The van der Waals surface area contributed by atoms with E-state index in [1.165, 1.54) is 23.5 Å². The summed E-state index contributed by atoms with van der Waals surface area (Å²) in [5, 5.41) is 36.7. The van der Waals surface area contributed by atoms with Gasteiger partial charge in [0.15, 0.2) is 6.29 Å². The Labute approximate surface area is 230 Å². The number of pyridine rings is 1. The number of fused-ring (bicyclic) bond motifs is 1. The number of aromatic nitrogens is 2. The van der Waals surface area contributed by atoms with E-state index in [4.69, 9.17) is 10.2 Å². The summed E-state index contributed by atoms with van der Waals surface area (Å²) < 4.78 is 1.63. The van der Waals surface area contributed by atoms with Crippen molar-refractivity contribution in [2.75, 3.05) is 13.7 Å². The Hall–Kier alpha value is -4.06. The number of nitrogens with zero attached hydrogens (tertiary/aromatic N) is 2. The summed E-state index contributed by atoms with van der Waals surface area (Å²) in [5.41, 5.74) is 3.20. The molecule has 0 aliphatic rings. The molecular weight excluding hydrogens is 520 g/mol. The number of nitrogens with one attached hydrogen (secondary N) is 2. The van der Waals surface area contributed by atoms with Gasteiger partial charge < -0.3 is 26.0 Å². The summed E-state index contributed by atoms with van der Waals surface area (Å²) in [4.78, 5) is 39.6. The Balaban J connectivity index is 0.000000272. The van der Waals surface area contributed by atoms with Crippen molar-refractivity contribution < 1.29 is 29.7 Å². The van der Waals surface area contributed by atoms with Gasteiger partial charge >= 0.3 is 5.97 Å². The molecule has 1 amide bonds. The zero-order valence-corrected chi connectivity index (χ0v) is 22.7. The fourth-order valence-electron chi connectivity index (χ4n) is 4.10. The van der Waals surface area contributed by atoms with Gasteiger partial charge in [-0.25, -0.2) is 4.98 Å². The lowest BCUT2D eigenvalue weighted by atomic mass is 10.0. The average molecular weight is 553 g/mol. The van der Waals surface area contributed by atoms with E-state index in [0.717, 1.165) is 11.8 Å². The number of hydrogen-bond acceptors (Lipinski definition) is 8. The number of carbonyl (C=O) groups is 3. The van der Waals surface area contributed by atoms with Crippen molar-refractivity contribution in [3.63, 3.8) is 0 Å². The molecule has 5 N–H and O–H groups in total. The maximum Gasteiger partial charge on any atom is 0.325 e. The number of amides is 1. The number of hydrogen-bond donors (Lipinski definition) is 5. The van der Waals surface area contributed by atoms with Crippen molar-refractivity contribution in [2.24, 2.45) is 5.92 Å². The van der Waals surface area contributed by atoms with Gasteiger partial charge in [-0.3, -0.25) is 18.8 Å². The Kier molecular flexibility index (Phi) is 10.3. The normalized spacial score (nSPS) is 12.4. The van der Waals surface area contributed by atoms with E-state index < -0.39 is 12.0 Å². The summed E-state index contributed by atoms with van der Waals surface area (Å²) in [6.07, 6.45) is 3.12. The van der Waals surface area contributed by atoms with E-state index >= 15 is 0 Å². The summed E-state index contributed by atoms with van der Waals surface area (Å²) >= 11 is 1.51. The SMILES string of the molecule is CC(C)CC(CO)NC(=O)c1c(-c2ccsc2)nc2c(C=O)cccn12.CNC(C(=O)O)c1ccc(O)cc1. The number of aliphatic carboxylic acids is 1. The van der Waals surface area contributed by atoms with Gasteiger partial charge in [0.2, 0.25) is 0 Å². The van der Waals surface area contributed by atoms with Gasteiger partial charge in [0.1, 0.15) is 28.8 Å². The fourth-order valence-corrected chi connectivity index (χ4v) is 4.74. The standard InChI is InChI=1S/C19H21N3O3S.C9H11NO3/c1-12(2)8-15(10-24)20-19(25)17-16(14-5-7-26-11-14)21-18-13(9-23)4-3-6-22(17)18;1-10-8(9(12)13)6-2-4-7(11)5-3-6/h3-7,9,11-12,15,24H,8,10H2,1-2H3,(H,20,25);2-5,8,10-11H,1H3,(H,12,13). The number of aliphatic hydroxyl groups excluding tert-OH is 1. The minimum Gasteiger partial charge on any atom is -0.508 e. The molecule has 0 bridgehead atoms. The van der Waals surface area contributed by atoms with Crippen LogP contribution in [0.2, 0.25) is 0 Å². The van der Waals surface area contributed by atoms with Crippen LogP contribution in [0.25, 0.3) is 16.9 Å². The van der Waals surface area contributed by atoms with Crippen molar-refractivity contribution in [2.45, 2.75) is 32.4 Å². The highest BCUT2D eigenvalue weighted by atomic mass is 32.1. The predicted octanol–water partition coefficient (Wildman–Crippen LogP) is 3.75. The molecule has 4 rings (SSSR count). The zero-order chi connectivity index (χ0) is 28.5. The number of phenolic OH excluding ortho intramolecular Hbond substituents is 1. The maximum absolute atomic E-state index is 13.0. The molecule has 0 aliphatic carbocycles. The van der Waals surface area contributed by atoms with Gasteiger partial charge in [0.05, 0.1) is 18.2 Å². The molecule has 2 atom stereocenters. The number of carboxylic acid groups (broad SMARTS) is 1. The summed E-state index contributed by atoms with van der Waals surface area (Å²) in [6.45, 7) is 3.94. The number of imidazole rings is 1. The van der Waals surface area contributed by atoms with Crippen LogP contribution in [0.3, 0.4) is 0 Å². The van der Waals surface area contributed by atoms with Gasteiger partial charge in [-0.1, -0.05) is 26.0 Å². The third-order valence-corrected chi connectivity index (χ3v) is 6.57. The minimum absolute atomic E-state index is 0.129. The molecular formula is C28H32N4O6S. The van der Waals surface area contributed by atoms with Gasteiger partial charge in [-0.15, -0.1) is 0 Å². The molecule has 4 aromatic rings. The second-order valence-corrected chi connectivity index (χ2v) is 10.0. The van der Waals surface area contributed by atoms with E-state index in [2.05, 4.69) is 15.6 Å². The molecule has 39 heavy (non-hydrogen) atoms. The van der Waals surface area contributed by atoms with Crippen LogP contribution in [-0.4, -0.2) is 62.6 Å². The van der Waals surface area contributed by atoms with Crippen molar-refractivity contribution in [3.05, 3.63) is 76.2 Å². The lowest BCUT2D eigenvalue weighted by Gasteiger charge is -2.18. The van der Waals surface area contributed by atoms with E-state index in [-0.39, 0.29) is 24.3 Å². The van der Waals surface area contributed by atoms with Crippen LogP contribution in [0.5, 0.6) is 5.75 Å². The first-order valence-corrected chi connectivity index (χ1v) is 13.2. The largest absolute Gasteiger partial charge is 0.508 e. The van der Waals surface area contributed by atoms with Gasteiger partial charge in [-0.2, -0.15) is 11.3 Å². The topological polar surface area (TPSA) is 153 Å². The molecule has 11 heteroatoms. The number of carbonyl (C=O) groups excluding carboxylic acids is 2. The van der Waals surface area contributed by atoms with Gasteiger partial charge in [0, 0.05) is 17.1 Å². The molecule has 2 unspecified atom stereocenters. The van der Waals surface area contributed by atoms with Crippen LogP contribution in [-0.2, 0) is 4.79 Å². The number of aldehydes is 1. The lowest BCUT2D eigenvalue weighted by molar-refractivity contribution is -0.139. The number of aromatic hydroxyl groups is 1. The highest BCUT2D eigenvalue weighted by Crippen LogP contribution is 2.27. The number of rotatable bonds is 10. The Morgan fingerprint density at radius 1 is 1.15 bits per heavy atom. The first-order valence-electron chi connectivity index (χ1n) is 12.3. The van der Waals surface area contributed by atoms with Crippen LogP contribution >= 0.6 is 11.3 Å². The molecule has 0 saturated carbocycles. The number of likely N-dealkylation sites (N-methyl/N-ethyl adjacent to an activating group) is 1. The minimum atomic E-state index is -0.937. The molecule has 10 nitrogen and oxygen atoms in total. The average Bonchev–Trinajstić information content (AvgIpc) is 3.57. The third kappa shape index (κ3) is 7.29. The van der Waals surface area contributed by atoms with E-state index in [1.807, 2.05) is 30.7 Å². The molecule has 1 aromatic carbocycles. The molecule has 206 valence electrons. The molecule has 3 aromatic heterocycles. The smallest absolute Gasteiger partial charge is 0.325 e. The van der Waals surface area contributed by atoms with Crippen LogP contribution < -0.4 is 10.6 Å². The molecule has 0 radical (unpaired) electrons. The monoisotopic (exact) mass is 552 g/mol. The zero-order valence-electron chi connectivity index (χ0n) is 21.9. The van der Waals surface area contributed by atoms with Crippen molar-refractivity contribution >= 4 is 35.1 Å². The Morgan fingerprint density at radius 3 is 2.41 bits per heavy atom. The molecule has 0 saturated heterocycles. The quantitative estimate of drug-likeness (QED) is 0.187.